The third-order valence-electron chi connectivity index (χ3n) is 2.34. The van der Waals surface area contributed by atoms with Gasteiger partial charge in [0.05, 0.1) is 6.20 Å². The minimum atomic E-state index is 0.344. The molecule has 0 amide bonds. The molecule has 0 aliphatic carbocycles. The predicted octanol–water partition coefficient (Wildman–Crippen LogP) is 1.77. The van der Waals surface area contributed by atoms with Crippen LogP contribution < -0.4 is 4.74 Å². The number of aromatic nitrogens is 4. The van der Waals surface area contributed by atoms with E-state index in [1.165, 1.54) is 6.33 Å². The molecule has 0 saturated heterocycles. The van der Waals surface area contributed by atoms with E-state index in [0.29, 0.717) is 24.7 Å². The van der Waals surface area contributed by atoms with Crippen LogP contribution in [0.5, 0.6) is 5.75 Å². The molecule has 2 heterocycles. The van der Waals surface area contributed by atoms with Crippen molar-refractivity contribution in [1.82, 2.24) is 19.7 Å². The van der Waals surface area contributed by atoms with Crippen molar-refractivity contribution in [3.63, 3.8) is 0 Å². The summed E-state index contributed by atoms with van der Waals surface area (Å²) in [4.78, 5) is 8.16. The van der Waals surface area contributed by atoms with Crippen LogP contribution in [0.25, 0.3) is 0 Å². The lowest BCUT2D eigenvalue weighted by Gasteiger charge is -2.05. The summed E-state index contributed by atoms with van der Waals surface area (Å²) in [6.07, 6.45) is 5.48. The van der Waals surface area contributed by atoms with Crippen LogP contribution in [0.15, 0.2) is 24.8 Å². The van der Waals surface area contributed by atoms with Gasteiger partial charge in [-0.25, -0.2) is 4.98 Å². The minimum Gasteiger partial charge on any atom is -0.484 e. The van der Waals surface area contributed by atoms with Crippen LogP contribution in [-0.4, -0.2) is 25.6 Å². The van der Waals surface area contributed by atoms with Crippen molar-refractivity contribution < 1.29 is 4.74 Å². The molecule has 2 aromatic heterocycles. The van der Waals surface area contributed by atoms with Gasteiger partial charge in [-0.2, -0.15) is 5.10 Å². The lowest BCUT2D eigenvalue weighted by Crippen LogP contribution is -2.04. The Morgan fingerprint density at radius 3 is 3.05 bits per heavy atom. The number of ether oxygens (including phenoxy) is 1. The van der Waals surface area contributed by atoms with E-state index in [1.54, 1.807) is 17.1 Å². The van der Waals surface area contributed by atoms with E-state index in [1.807, 2.05) is 13.1 Å². The van der Waals surface area contributed by atoms with E-state index < -0.39 is 0 Å². The topological polar surface area (TPSA) is 52.8 Å². The van der Waals surface area contributed by atoms with Gasteiger partial charge in [0, 0.05) is 31.1 Å². The van der Waals surface area contributed by atoms with E-state index in [9.17, 15) is 0 Å². The quantitative estimate of drug-likeness (QED) is 0.631. The van der Waals surface area contributed by atoms with Crippen molar-refractivity contribution in [3.05, 3.63) is 36.2 Å². The van der Waals surface area contributed by atoms with Crippen molar-refractivity contribution in [3.8, 4) is 17.6 Å². The van der Waals surface area contributed by atoms with Crippen LogP contribution in [-0.2, 0) is 13.7 Å². The Morgan fingerprint density at radius 2 is 2.32 bits per heavy atom. The Bertz CT molecular complexity index is 600. The van der Waals surface area contributed by atoms with Gasteiger partial charge in [0.1, 0.15) is 18.7 Å². The van der Waals surface area contributed by atoms with Crippen molar-refractivity contribution in [2.75, 3.05) is 5.88 Å². The van der Waals surface area contributed by atoms with Crippen LogP contribution in [0.1, 0.15) is 17.8 Å². The van der Waals surface area contributed by atoms with Gasteiger partial charge in [-0.1, -0.05) is 11.8 Å². The van der Waals surface area contributed by atoms with E-state index in [4.69, 9.17) is 16.3 Å². The largest absolute Gasteiger partial charge is 0.484 e. The second-order valence-electron chi connectivity index (χ2n) is 3.74. The average Bonchev–Trinajstić information content (AvgIpc) is 2.83. The molecule has 0 atom stereocenters. The summed E-state index contributed by atoms with van der Waals surface area (Å²) < 4.78 is 7.26. The van der Waals surface area contributed by atoms with Gasteiger partial charge >= 0.3 is 0 Å². The minimum absolute atomic E-state index is 0.344. The highest BCUT2D eigenvalue weighted by Crippen LogP contribution is 2.12. The van der Waals surface area contributed by atoms with Gasteiger partial charge in [-0.15, -0.1) is 11.6 Å². The summed E-state index contributed by atoms with van der Waals surface area (Å²) in [6, 6.07) is 1.84. The summed E-state index contributed by atoms with van der Waals surface area (Å²) in [7, 11) is 1.82. The standard InChI is InChI=1S/C13H13ClN4O/c1-18-13(16-10-17-18)9-19-12-6-11(7-15-8-12)4-2-3-5-14/h6-8,10H,3,5,9H2,1H3. The first kappa shape index (κ1) is 13.4. The lowest BCUT2D eigenvalue weighted by atomic mass is 10.3. The molecule has 0 N–H and O–H groups in total. The molecule has 0 radical (unpaired) electrons. The molecule has 0 fully saturated rings. The molecule has 2 aromatic rings. The van der Waals surface area contributed by atoms with Gasteiger partial charge in [-0.05, 0) is 6.07 Å². The molecule has 0 saturated carbocycles. The first-order valence-electron chi connectivity index (χ1n) is 5.75. The van der Waals surface area contributed by atoms with E-state index in [0.717, 1.165) is 11.4 Å². The van der Waals surface area contributed by atoms with Gasteiger partial charge in [0.15, 0.2) is 5.82 Å². The van der Waals surface area contributed by atoms with Gasteiger partial charge < -0.3 is 4.74 Å². The van der Waals surface area contributed by atoms with E-state index >= 15 is 0 Å². The number of hydrogen-bond acceptors (Lipinski definition) is 4. The lowest BCUT2D eigenvalue weighted by molar-refractivity contribution is 0.288. The Hall–Kier alpha value is -2.06. The van der Waals surface area contributed by atoms with E-state index in [2.05, 4.69) is 26.9 Å². The molecule has 0 bridgehead atoms. The number of halogens is 1. The molecule has 0 spiro atoms. The second kappa shape index (κ2) is 6.76. The molecule has 19 heavy (non-hydrogen) atoms. The predicted molar refractivity (Wildman–Crippen MR) is 71.8 cm³/mol. The van der Waals surface area contributed by atoms with Crippen LogP contribution in [0.2, 0.25) is 0 Å². The smallest absolute Gasteiger partial charge is 0.164 e. The third-order valence-corrected chi connectivity index (χ3v) is 2.53. The summed E-state index contributed by atoms with van der Waals surface area (Å²) in [5.41, 5.74) is 0.806. The molecular weight excluding hydrogens is 264 g/mol. The molecule has 6 heteroatoms. The van der Waals surface area contributed by atoms with Crippen molar-refractivity contribution in [2.24, 2.45) is 7.05 Å². The summed E-state index contributed by atoms with van der Waals surface area (Å²) in [5.74, 6) is 7.87. The van der Waals surface area contributed by atoms with Crippen LogP contribution in [0, 0.1) is 11.8 Å². The summed E-state index contributed by atoms with van der Waals surface area (Å²) >= 11 is 5.56. The Labute approximate surface area is 116 Å². The van der Waals surface area contributed by atoms with Gasteiger partial charge in [-0.3, -0.25) is 9.67 Å². The highest BCUT2D eigenvalue weighted by molar-refractivity contribution is 6.18. The Morgan fingerprint density at radius 1 is 1.42 bits per heavy atom. The van der Waals surface area contributed by atoms with Crippen LogP contribution in [0.3, 0.4) is 0 Å². The summed E-state index contributed by atoms with van der Waals surface area (Å²) in [6.45, 7) is 0.344. The normalized spacial score (nSPS) is 9.79. The maximum absolute atomic E-state index is 5.60. The fraction of sp³-hybridized carbons (Fsp3) is 0.308. The number of rotatable bonds is 4. The molecule has 0 aliphatic rings. The number of hydrogen-bond donors (Lipinski definition) is 0. The van der Waals surface area contributed by atoms with Crippen molar-refractivity contribution in [1.29, 1.82) is 0 Å². The first-order valence-corrected chi connectivity index (χ1v) is 6.28. The number of nitrogens with zero attached hydrogens (tertiary/aromatic N) is 4. The van der Waals surface area contributed by atoms with Crippen molar-refractivity contribution in [2.45, 2.75) is 13.0 Å². The van der Waals surface area contributed by atoms with Gasteiger partial charge in [0.2, 0.25) is 0 Å². The average molecular weight is 277 g/mol. The molecule has 98 valence electrons. The highest BCUT2D eigenvalue weighted by Gasteiger charge is 2.02. The monoisotopic (exact) mass is 276 g/mol. The Balaban J connectivity index is 2.00. The van der Waals surface area contributed by atoms with Crippen LogP contribution >= 0.6 is 11.6 Å². The van der Waals surface area contributed by atoms with Crippen LogP contribution in [0.4, 0.5) is 0 Å². The number of alkyl halides is 1. The fourth-order valence-corrected chi connectivity index (χ4v) is 1.47. The zero-order chi connectivity index (χ0) is 13.5. The Kier molecular flexibility index (Phi) is 4.76. The molecule has 2 rings (SSSR count). The molecular formula is C13H13ClN4O. The first-order chi connectivity index (χ1) is 9.29. The number of aryl methyl sites for hydroxylation is 1. The molecule has 0 aliphatic heterocycles. The summed E-state index contributed by atoms with van der Waals surface area (Å²) in [5, 5.41) is 3.97. The maximum atomic E-state index is 5.60. The third kappa shape index (κ3) is 3.97. The van der Waals surface area contributed by atoms with E-state index in [-0.39, 0.29) is 0 Å². The zero-order valence-corrected chi connectivity index (χ0v) is 11.3. The highest BCUT2D eigenvalue weighted by atomic mass is 35.5. The second-order valence-corrected chi connectivity index (χ2v) is 4.12. The molecule has 5 nitrogen and oxygen atoms in total. The maximum Gasteiger partial charge on any atom is 0.164 e. The van der Waals surface area contributed by atoms with Gasteiger partial charge in [0.25, 0.3) is 0 Å². The molecule has 0 unspecified atom stereocenters. The molecule has 0 aromatic carbocycles. The zero-order valence-electron chi connectivity index (χ0n) is 10.5. The SMILES string of the molecule is Cn1ncnc1COc1cncc(C#CCCCl)c1. The fourth-order valence-electron chi connectivity index (χ4n) is 1.38. The number of pyridine rings is 1. The van der Waals surface area contributed by atoms with Crippen molar-refractivity contribution >= 4 is 11.6 Å².